The summed E-state index contributed by atoms with van der Waals surface area (Å²) in [4.78, 5) is 26.4. The molecule has 0 unspecified atom stereocenters. The Balaban J connectivity index is 1.63. The molecule has 0 aliphatic carbocycles. The van der Waals surface area contributed by atoms with Crippen LogP contribution in [0.4, 0.5) is 0 Å². The Bertz CT molecular complexity index is 1030. The van der Waals surface area contributed by atoms with Gasteiger partial charge in [-0.05, 0) is 37.3 Å². The van der Waals surface area contributed by atoms with E-state index in [9.17, 15) is 18.0 Å². The summed E-state index contributed by atoms with van der Waals surface area (Å²) in [6, 6.07) is 7.67. The second-order valence-electron chi connectivity index (χ2n) is 7.61. The monoisotopic (exact) mass is 421 g/mol. The van der Waals surface area contributed by atoms with Crippen molar-refractivity contribution in [1.29, 1.82) is 0 Å². The van der Waals surface area contributed by atoms with Crippen LogP contribution in [0.2, 0.25) is 0 Å². The molecule has 9 nitrogen and oxygen atoms in total. The van der Waals surface area contributed by atoms with Gasteiger partial charge in [0, 0.05) is 26.6 Å². The van der Waals surface area contributed by atoms with Gasteiger partial charge in [-0.2, -0.15) is 9.40 Å². The highest BCUT2D eigenvalue weighted by Gasteiger charge is 2.26. The summed E-state index contributed by atoms with van der Waals surface area (Å²) in [5.74, 6) is 0.795. The predicted molar refractivity (Wildman–Crippen MR) is 109 cm³/mol. The predicted octanol–water partition coefficient (Wildman–Crippen LogP) is 0.542. The molecular formula is C19H27N5O4S. The number of likely N-dealkylation sites (N-methyl/N-ethyl adjacent to an activating group) is 1. The molecular weight excluding hydrogens is 394 g/mol. The normalized spacial score (nSPS) is 15.8. The van der Waals surface area contributed by atoms with E-state index in [1.807, 2.05) is 31.2 Å². The van der Waals surface area contributed by atoms with Crippen LogP contribution in [0.1, 0.15) is 24.2 Å². The van der Waals surface area contributed by atoms with Crippen LogP contribution in [0.3, 0.4) is 0 Å². The van der Waals surface area contributed by atoms with Crippen molar-refractivity contribution in [2.45, 2.75) is 26.2 Å². The van der Waals surface area contributed by atoms with E-state index in [-0.39, 0.29) is 18.1 Å². The molecule has 3 rings (SSSR count). The van der Waals surface area contributed by atoms with Gasteiger partial charge in [0.05, 0.1) is 18.5 Å². The second-order valence-corrected chi connectivity index (χ2v) is 9.70. The fraction of sp³-hybridized carbons (Fsp3) is 0.526. The van der Waals surface area contributed by atoms with E-state index in [0.29, 0.717) is 31.3 Å². The molecule has 1 aromatic carbocycles. The van der Waals surface area contributed by atoms with Gasteiger partial charge in [0.2, 0.25) is 15.9 Å². The Labute approximate surface area is 170 Å². The highest BCUT2D eigenvalue weighted by molar-refractivity contribution is 7.88. The number of nitrogens with one attached hydrogen (secondary N) is 1. The minimum absolute atomic E-state index is 0.143. The number of hydrogen-bond donors (Lipinski definition) is 1. The van der Waals surface area contributed by atoms with Gasteiger partial charge in [0.15, 0.2) is 0 Å². The van der Waals surface area contributed by atoms with Crippen LogP contribution in [0.15, 0.2) is 29.1 Å². The number of amides is 1. The summed E-state index contributed by atoms with van der Waals surface area (Å²) >= 11 is 0. The van der Waals surface area contributed by atoms with E-state index in [1.54, 1.807) is 9.47 Å². The number of aromatic nitrogens is 3. The average molecular weight is 422 g/mol. The Morgan fingerprint density at radius 3 is 2.55 bits per heavy atom. The number of hydrogen-bond acceptors (Lipinski definition) is 5. The molecule has 1 aliphatic heterocycles. The first kappa shape index (κ1) is 21.3. The zero-order valence-electron chi connectivity index (χ0n) is 17.0. The van der Waals surface area contributed by atoms with Gasteiger partial charge in [0.25, 0.3) is 0 Å². The molecule has 1 aliphatic rings. The SMILES string of the molecule is Cc1ccccc1-n1c(CC2CCN(C(=O)CN(C)S(C)(=O)=O)CC2)n[nH]c1=O. The fourth-order valence-corrected chi connectivity index (χ4v) is 3.93. The third-order valence-corrected chi connectivity index (χ3v) is 6.72. The number of carbonyl (C=O) groups excluding carboxylic acids is 1. The molecule has 0 radical (unpaired) electrons. The summed E-state index contributed by atoms with van der Waals surface area (Å²) in [5.41, 5.74) is 1.55. The number of benzene rings is 1. The second kappa shape index (κ2) is 8.50. The number of H-pyrrole nitrogens is 1. The summed E-state index contributed by atoms with van der Waals surface area (Å²) < 4.78 is 25.7. The third kappa shape index (κ3) is 4.94. The maximum atomic E-state index is 12.4. The van der Waals surface area contributed by atoms with E-state index in [2.05, 4.69) is 10.2 Å². The van der Waals surface area contributed by atoms with Crippen LogP contribution >= 0.6 is 0 Å². The molecule has 0 bridgehead atoms. The lowest BCUT2D eigenvalue weighted by Crippen LogP contribution is -2.44. The molecule has 0 atom stereocenters. The number of rotatable bonds is 6. The van der Waals surface area contributed by atoms with Gasteiger partial charge < -0.3 is 4.90 Å². The summed E-state index contributed by atoms with van der Waals surface area (Å²) in [6.07, 6.45) is 3.29. The summed E-state index contributed by atoms with van der Waals surface area (Å²) in [5, 5.41) is 6.77. The quantitative estimate of drug-likeness (QED) is 0.732. The zero-order valence-corrected chi connectivity index (χ0v) is 17.8. The highest BCUT2D eigenvalue weighted by atomic mass is 32.2. The largest absolute Gasteiger partial charge is 0.347 e. The molecule has 2 aromatic rings. The van der Waals surface area contributed by atoms with Crippen LogP contribution in [0, 0.1) is 12.8 Å². The van der Waals surface area contributed by atoms with Gasteiger partial charge >= 0.3 is 5.69 Å². The van der Waals surface area contributed by atoms with Crippen molar-refractivity contribution in [2.24, 2.45) is 5.92 Å². The Hall–Kier alpha value is -2.46. The van der Waals surface area contributed by atoms with Crippen LogP contribution in [0.25, 0.3) is 5.69 Å². The number of nitrogens with zero attached hydrogens (tertiary/aromatic N) is 4. The molecule has 158 valence electrons. The Morgan fingerprint density at radius 1 is 1.28 bits per heavy atom. The molecule has 1 saturated heterocycles. The Morgan fingerprint density at radius 2 is 1.93 bits per heavy atom. The first-order chi connectivity index (χ1) is 13.7. The lowest BCUT2D eigenvalue weighted by atomic mass is 9.93. The number of piperidine rings is 1. The third-order valence-electron chi connectivity index (χ3n) is 5.46. The molecule has 1 aromatic heterocycles. The maximum Gasteiger partial charge on any atom is 0.347 e. The lowest BCUT2D eigenvalue weighted by Gasteiger charge is -2.32. The van der Waals surface area contributed by atoms with Crippen LogP contribution < -0.4 is 5.69 Å². The minimum atomic E-state index is -3.38. The zero-order chi connectivity index (χ0) is 21.2. The number of aryl methyl sites for hydroxylation is 1. The van der Waals surface area contributed by atoms with Gasteiger partial charge in [-0.25, -0.2) is 22.9 Å². The van der Waals surface area contributed by atoms with Crippen molar-refractivity contribution < 1.29 is 13.2 Å². The van der Waals surface area contributed by atoms with Crippen LogP contribution in [0.5, 0.6) is 0 Å². The van der Waals surface area contributed by atoms with Crippen molar-refractivity contribution in [2.75, 3.05) is 32.9 Å². The molecule has 0 spiro atoms. The van der Waals surface area contributed by atoms with Crippen molar-refractivity contribution in [3.8, 4) is 5.69 Å². The molecule has 29 heavy (non-hydrogen) atoms. The standard InChI is InChI=1S/C19H27N5O4S/c1-14-6-4-5-7-16(14)24-17(20-21-19(24)26)12-15-8-10-23(11-9-15)18(25)13-22(2)29(3,27)28/h4-7,15H,8-13H2,1-3H3,(H,21,26). The van der Waals surface area contributed by atoms with Crippen LogP contribution in [-0.4, -0.2) is 71.2 Å². The topological polar surface area (TPSA) is 108 Å². The van der Waals surface area contributed by atoms with E-state index >= 15 is 0 Å². The lowest BCUT2D eigenvalue weighted by molar-refractivity contribution is -0.132. The first-order valence-corrected chi connectivity index (χ1v) is 11.4. The van der Waals surface area contributed by atoms with Gasteiger partial charge in [0.1, 0.15) is 5.82 Å². The maximum absolute atomic E-state index is 12.4. The molecule has 10 heteroatoms. The molecule has 1 amide bonds. The molecule has 2 heterocycles. The molecule has 1 N–H and O–H groups in total. The summed E-state index contributed by atoms with van der Waals surface area (Å²) in [7, 11) is -1.97. The number of aromatic amines is 1. The van der Waals surface area contributed by atoms with Crippen LogP contribution in [-0.2, 0) is 21.2 Å². The van der Waals surface area contributed by atoms with E-state index in [1.165, 1.54) is 7.05 Å². The number of carbonyl (C=O) groups is 1. The minimum Gasteiger partial charge on any atom is -0.342 e. The highest BCUT2D eigenvalue weighted by Crippen LogP contribution is 2.22. The van der Waals surface area contributed by atoms with Crippen molar-refractivity contribution in [3.63, 3.8) is 0 Å². The van der Waals surface area contributed by atoms with E-state index in [4.69, 9.17) is 0 Å². The molecule has 0 saturated carbocycles. The number of sulfonamides is 1. The van der Waals surface area contributed by atoms with Crippen molar-refractivity contribution in [1.82, 2.24) is 24.0 Å². The number of para-hydroxylation sites is 1. The number of likely N-dealkylation sites (tertiary alicyclic amines) is 1. The van der Waals surface area contributed by atoms with Crippen molar-refractivity contribution >= 4 is 15.9 Å². The Kier molecular flexibility index (Phi) is 6.23. The smallest absolute Gasteiger partial charge is 0.342 e. The van der Waals surface area contributed by atoms with Gasteiger partial charge in [-0.15, -0.1) is 0 Å². The van der Waals surface area contributed by atoms with E-state index < -0.39 is 10.0 Å². The van der Waals surface area contributed by atoms with Crippen molar-refractivity contribution in [3.05, 3.63) is 46.1 Å². The first-order valence-electron chi connectivity index (χ1n) is 9.58. The van der Waals surface area contributed by atoms with Gasteiger partial charge in [-0.3, -0.25) is 4.79 Å². The van der Waals surface area contributed by atoms with E-state index in [0.717, 1.165) is 34.7 Å². The average Bonchev–Trinajstić information content (AvgIpc) is 3.02. The van der Waals surface area contributed by atoms with Gasteiger partial charge in [-0.1, -0.05) is 18.2 Å². The summed E-state index contributed by atoms with van der Waals surface area (Å²) in [6.45, 7) is 2.95. The molecule has 1 fully saturated rings. The fourth-order valence-electron chi connectivity index (χ4n) is 3.58.